The molecule has 29 heavy (non-hydrogen) atoms. The Balaban J connectivity index is 1.78. The summed E-state index contributed by atoms with van der Waals surface area (Å²) in [4.78, 5) is 22.9. The molecule has 0 saturated heterocycles. The zero-order valence-electron chi connectivity index (χ0n) is 15.8. The van der Waals surface area contributed by atoms with Crippen molar-refractivity contribution in [2.24, 2.45) is 0 Å². The molecule has 0 radical (unpaired) electrons. The maximum atomic E-state index is 14.3. The summed E-state index contributed by atoms with van der Waals surface area (Å²) in [6.07, 6.45) is 0. The SMILES string of the molecule is CC(=O)NCCNC(=O)CSc1nnc(-c2ccccc2F)n1-c1ccccc1. The largest absolute Gasteiger partial charge is 0.355 e. The van der Waals surface area contributed by atoms with Gasteiger partial charge in [-0.05, 0) is 24.3 Å². The van der Waals surface area contributed by atoms with Crippen LogP contribution in [0.4, 0.5) is 4.39 Å². The summed E-state index contributed by atoms with van der Waals surface area (Å²) in [5.41, 5.74) is 1.10. The molecule has 2 amide bonds. The van der Waals surface area contributed by atoms with E-state index < -0.39 is 5.82 Å². The van der Waals surface area contributed by atoms with Crippen molar-refractivity contribution in [3.05, 3.63) is 60.4 Å². The lowest BCUT2D eigenvalue weighted by Crippen LogP contribution is -2.34. The highest BCUT2D eigenvalue weighted by Gasteiger charge is 2.19. The molecule has 150 valence electrons. The molecular weight excluding hydrogens is 393 g/mol. The molecule has 0 fully saturated rings. The molecule has 0 aliphatic heterocycles. The number of carbonyl (C=O) groups excluding carboxylic acids is 2. The third-order valence-electron chi connectivity index (χ3n) is 3.92. The first-order chi connectivity index (χ1) is 14.1. The van der Waals surface area contributed by atoms with Crippen molar-refractivity contribution in [3.63, 3.8) is 0 Å². The summed E-state index contributed by atoms with van der Waals surface area (Å²) in [6, 6.07) is 15.7. The summed E-state index contributed by atoms with van der Waals surface area (Å²) in [5.74, 6) is -0.268. The van der Waals surface area contributed by atoms with E-state index in [1.807, 2.05) is 30.3 Å². The van der Waals surface area contributed by atoms with Gasteiger partial charge in [0.05, 0.1) is 11.3 Å². The van der Waals surface area contributed by atoms with Gasteiger partial charge in [0.2, 0.25) is 11.8 Å². The van der Waals surface area contributed by atoms with Gasteiger partial charge < -0.3 is 10.6 Å². The second kappa shape index (κ2) is 9.83. The second-order valence-corrected chi connectivity index (χ2v) is 7.02. The lowest BCUT2D eigenvalue weighted by atomic mass is 10.2. The van der Waals surface area contributed by atoms with Crippen LogP contribution in [0.2, 0.25) is 0 Å². The zero-order chi connectivity index (χ0) is 20.6. The molecule has 3 rings (SSSR count). The fraction of sp³-hybridized carbons (Fsp3) is 0.200. The molecule has 0 atom stereocenters. The van der Waals surface area contributed by atoms with Gasteiger partial charge in [0.25, 0.3) is 0 Å². The zero-order valence-corrected chi connectivity index (χ0v) is 16.6. The molecular formula is C20H20FN5O2S. The number of hydrogen-bond donors (Lipinski definition) is 2. The molecule has 0 unspecified atom stereocenters. The number of aromatic nitrogens is 3. The standard InChI is InChI=1S/C20H20FN5O2S/c1-14(27)22-11-12-23-18(28)13-29-20-25-24-19(16-9-5-6-10-17(16)21)26(20)15-7-3-2-4-8-15/h2-10H,11-13H2,1H3,(H,22,27)(H,23,28). The van der Waals surface area contributed by atoms with E-state index in [1.165, 1.54) is 24.8 Å². The van der Waals surface area contributed by atoms with E-state index >= 15 is 0 Å². The summed E-state index contributed by atoms with van der Waals surface area (Å²) in [6.45, 7) is 2.12. The van der Waals surface area contributed by atoms with Gasteiger partial charge in [-0.25, -0.2) is 4.39 Å². The van der Waals surface area contributed by atoms with E-state index in [9.17, 15) is 14.0 Å². The molecule has 7 nitrogen and oxygen atoms in total. The second-order valence-electron chi connectivity index (χ2n) is 6.08. The minimum Gasteiger partial charge on any atom is -0.355 e. The number of amides is 2. The Morgan fingerprint density at radius 1 is 1.00 bits per heavy atom. The van der Waals surface area contributed by atoms with Crippen LogP contribution in [0.25, 0.3) is 17.1 Å². The predicted octanol–water partition coefficient (Wildman–Crippen LogP) is 2.42. The summed E-state index contributed by atoms with van der Waals surface area (Å²) >= 11 is 1.20. The lowest BCUT2D eigenvalue weighted by Gasteiger charge is -2.11. The maximum absolute atomic E-state index is 14.3. The maximum Gasteiger partial charge on any atom is 0.230 e. The van der Waals surface area contributed by atoms with Crippen molar-refractivity contribution >= 4 is 23.6 Å². The van der Waals surface area contributed by atoms with Crippen LogP contribution in [-0.2, 0) is 9.59 Å². The Morgan fingerprint density at radius 2 is 1.69 bits per heavy atom. The molecule has 3 aromatic rings. The highest BCUT2D eigenvalue weighted by molar-refractivity contribution is 7.99. The Labute approximate surface area is 171 Å². The number of para-hydroxylation sites is 1. The van der Waals surface area contributed by atoms with Crippen LogP contribution in [0.15, 0.2) is 59.8 Å². The Hall–Kier alpha value is -3.20. The van der Waals surface area contributed by atoms with Gasteiger partial charge >= 0.3 is 0 Å². The van der Waals surface area contributed by atoms with Crippen LogP contribution in [0.1, 0.15) is 6.92 Å². The van der Waals surface area contributed by atoms with Crippen LogP contribution in [0.3, 0.4) is 0 Å². The van der Waals surface area contributed by atoms with Crippen LogP contribution < -0.4 is 10.6 Å². The van der Waals surface area contributed by atoms with E-state index in [0.717, 1.165) is 5.69 Å². The first kappa shape index (κ1) is 20.5. The lowest BCUT2D eigenvalue weighted by molar-refractivity contribution is -0.120. The van der Waals surface area contributed by atoms with E-state index in [1.54, 1.807) is 22.8 Å². The molecule has 0 spiro atoms. The van der Waals surface area contributed by atoms with Crippen molar-refractivity contribution in [2.75, 3.05) is 18.8 Å². The van der Waals surface area contributed by atoms with E-state index in [2.05, 4.69) is 20.8 Å². The molecule has 2 aromatic carbocycles. The smallest absolute Gasteiger partial charge is 0.230 e. The van der Waals surface area contributed by atoms with Crippen LogP contribution in [-0.4, -0.2) is 45.4 Å². The van der Waals surface area contributed by atoms with E-state index in [-0.39, 0.29) is 17.6 Å². The van der Waals surface area contributed by atoms with Gasteiger partial charge in [-0.3, -0.25) is 14.2 Å². The highest BCUT2D eigenvalue weighted by atomic mass is 32.2. The Kier molecular flexibility index (Phi) is 6.96. The highest BCUT2D eigenvalue weighted by Crippen LogP contribution is 2.29. The van der Waals surface area contributed by atoms with Gasteiger partial charge in [-0.15, -0.1) is 10.2 Å². The molecule has 0 saturated carbocycles. The van der Waals surface area contributed by atoms with Crippen LogP contribution in [0, 0.1) is 5.82 Å². The Morgan fingerprint density at radius 3 is 2.41 bits per heavy atom. The first-order valence-corrected chi connectivity index (χ1v) is 9.94. The number of nitrogens with zero attached hydrogens (tertiary/aromatic N) is 3. The third-order valence-corrected chi connectivity index (χ3v) is 4.84. The topological polar surface area (TPSA) is 88.9 Å². The fourth-order valence-electron chi connectivity index (χ4n) is 2.61. The number of thioether (sulfide) groups is 1. The van der Waals surface area contributed by atoms with Crippen molar-refractivity contribution in [2.45, 2.75) is 12.1 Å². The van der Waals surface area contributed by atoms with Crippen LogP contribution in [0.5, 0.6) is 0 Å². The van der Waals surface area contributed by atoms with Crippen molar-refractivity contribution in [1.82, 2.24) is 25.4 Å². The number of halogens is 1. The van der Waals surface area contributed by atoms with Gasteiger partial charge in [0.1, 0.15) is 5.82 Å². The molecule has 0 bridgehead atoms. The number of benzene rings is 2. The average molecular weight is 413 g/mol. The number of carbonyl (C=O) groups is 2. The third kappa shape index (κ3) is 5.41. The molecule has 1 heterocycles. The number of rotatable bonds is 8. The van der Waals surface area contributed by atoms with Gasteiger partial charge in [0.15, 0.2) is 11.0 Å². The quantitative estimate of drug-likeness (QED) is 0.437. The minimum atomic E-state index is -0.399. The van der Waals surface area contributed by atoms with Crippen molar-refractivity contribution in [1.29, 1.82) is 0 Å². The van der Waals surface area contributed by atoms with Gasteiger partial charge in [0, 0.05) is 25.7 Å². The normalized spacial score (nSPS) is 10.6. The molecule has 2 N–H and O–H groups in total. The van der Waals surface area contributed by atoms with Gasteiger partial charge in [-0.1, -0.05) is 42.1 Å². The molecule has 0 aliphatic carbocycles. The van der Waals surface area contributed by atoms with Gasteiger partial charge in [-0.2, -0.15) is 0 Å². The minimum absolute atomic E-state index is 0.113. The molecule has 0 aliphatic rings. The summed E-state index contributed by atoms with van der Waals surface area (Å²) in [7, 11) is 0. The average Bonchev–Trinajstić information content (AvgIpc) is 3.14. The predicted molar refractivity (Wildman–Crippen MR) is 109 cm³/mol. The fourth-order valence-corrected chi connectivity index (χ4v) is 3.39. The summed E-state index contributed by atoms with van der Waals surface area (Å²) < 4.78 is 16.1. The Bertz CT molecular complexity index is 994. The number of hydrogen-bond acceptors (Lipinski definition) is 5. The van der Waals surface area contributed by atoms with Crippen molar-refractivity contribution in [3.8, 4) is 17.1 Å². The first-order valence-electron chi connectivity index (χ1n) is 8.96. The van der Waals surface area contributed by atoms with Crippen molar-refractivity contribution < 1.29 is 14.0 Å². The summed E-state index contributed by atoms with van der Waals surface area (Å²) in [5, 5.41) is 14.2. The monoisotopic (exact) mass is 413 g/mol. The number of nitrogens with one attached hydrogen (secondary N) is 2. The molecule has 9 heteroatoms. The van der Waals surface area contributed by atoms with Crippen LogP contribution >= 0.6 is 11.8 Å². The van der Waals surface area contributed by atoms with E-state index in [0.29, 0.717) is 29.6 Å². The van der Waals surface area contributed by atoms with E-state index in [4.69, 9.17) is 0 Å². The molecule has 1 aromatic heterocycles.